The van der Waals surface area contributed by atoms with E-state index in [0.717, 1.165) is 60.3 Å². The Morgan fingerprint density at radius 1 is 1.08 bits per heavy atom. The lowest BCUT2D eigenvalue weighted by Gasteiger charge is -2.36. The van der Waals surface area contributed by atoms with E-state index in [4.69, 9.17) is 9.73 Å². The van der Waals surface area contributed by atoms with Gasteiger partial charge in [0.2, 0.25) is 0 Å². The summed E-state index contributed by atoms with van der Waals surface area (Å²) in [5.41, 5.74) is 3.89. The topological polar surface area (TPSA) is 48.9 Å². The highest BCUT2D eigenvalue weighted by Gasteiger charge is 2.29. The number of nitrogens with one attached hydrogen (secondary N) is 2. The Hall–Kier alpha value is -2.84. The third-order valence-electron chi connectivity index (χ3n) is 6.75. The lowest BCUT2D eigenvalue weighted by molar-refractivity contribution is 0.282. The van der Waals surface area contributed by atoms with Crippen molar-refractivity contribution in [2.75, 3.05) is 32.1 Å². The Balaban J connectivity index is 0.00000160. The number of anilines is 2. The van der Waals surface area contributed by atoms with Gasteiger partial charge >= 0.3 is 0 Å². The molecule has 37 heavy (non-hydrogen) atoms. The zero-order valence-corrected chi connectivity index (χ0v) is 22.8. The first-order chi connectivity index (χ1) is 17.2. The minimum absolute atomic E-state index is 0. The van der Waals surface area contributed by atoms with Gasteiger partial charge in [-0.25, -0.2) is 9.38 Å². The van der Waals surface area contributed by atoms with Gasteiger partial charge in [0.15, 0.2) is 0 Å². The van der Waals surface area contributed by atoms with E-state index in [2.05, 4.69) is 51.9 Å². The van der Waals surface area contributed by atoms with Gasteiger partial charge in [-0.1, -0.05) is 30.3 Å². The Kier molecular flexibility index (Phi) is 8.60. The molecular weight excluding hydrogens is 530 g/mol. The van der Waals surface area contributed by atoms with Crippen molar-refractivity contribution in [1.82, 2.24) is 10.2 Å². The molecule has 1 fully saturated rings. The molecule has 6 rings (SSSR count). The van der Waals surface area contributed by atoms with E-state index in [1.54, 1.807) is 24.5 Å². The van der Waals surface area contributed by atoms with Crippen molar-refractivity contribution in [1.29, 1.82) is 0 Å². The van der Waals surface area contributed by atoms with Crippen molar-refractivity contribution in [3.05, 3.63) is 83.7 Å². The van der Waals surface area contributed by atoms with Crippen molar-refractivity contribution in [2.24, 2.45) is 4.99 Å². The maximum Gasteiger partial charge on any atom is 0.140 e. The Bertz CT molecular complexity index is 1410. The van der Waals surface area contributed by atoms with Gasteiger partial charge in [0.05, 0.1) is 24.0 Å². The molecule has 3 aromatic carbocycles. The van der Waals surface area contributed by atoms with Crippen LogP contribution in [0.4, 0.5) is 20.8 Å². The molecule has 0 radical (unpaired) electrons. The van der Waals surface area contributed by atoms with E-state index in [1.807, 2.05) is 12.1 Å². The molecule has 0 spiro atoms. The monoisotopic (exact) mass is 558 g/mol. The number of benzene rings is 3. The molecule has 0 saturated carbocycles. The van der Waals surface area contributed by atoms with E-state index in [1.165, 1.54) is 27.8 Å². The summed E-state index contributed by atoms with van der Waals surface area (Å²) in [6.45, 7) is 2.64. The normalized spacial score (nSPS) is 16.3. The first-order valence-electron chi connectivity index (χ1n) is 12.0. The molecule has 0 amide bonds. The molecule has 2 aliphatic heterocycles. The number of aryl methyl sites for hydroxylation is 1. The Labute approximate surface area is 232 Å². The van der Waals surface area contributed by atoms with E-state index in [9.17, 15) is 4.39 Å². The molecule has 9 heteroatoms. The van der Waals surface area contributed by atoms with Crippen LogP contribution >= 0.6 is 36.2 Å². The van der Waals surface area contributed by atoms with Crippen LogP contribution in [0.1, 0.15) is 17.5 Å². The van der Waals surface area contributed by atoms with Crippen LogP contribution in [0, 0.1) is 5.82 Å². The van der Waals surface area contributed by atoms with E-state index >= 15 is 0 Å². The van der Waals surface area contributed by atoms with Crippen molar-refractivity contribution < 1.29 is 9.13 Å². The zero-order chi connectivity index (χ0) is 23.8. The highest BCUT2D eigenvalue weighted by molar-refractivity contribution is 7.23. The summed E-state index contributed by atoms with van der Waals surface area (Å²) in [6, 6.07) is 21.9. The van der Waals surface area contributed by atoms with Crippen molar-refractivity contribution in [3.63, 3.8) is 0 Å². The maximum absolute atomic E-state index is 14.1. The van der Waals surface area contributed by atoms with Crippen molar-refractivity contribution in [2.45, 2.75) is 18.9 Å². The van der Waals surface area contributed by atoms with Crippen LogP contribution in [-0.2, 0) is 6.42 Å². The maximum atomic E-state index is 14.1. The SMILES string of the molecule is COc1ccc(CC[C@H]2CN(C3=Nc4ccc(F)cc4Nc4sc5ccccc5c43)CCN2)cc1.Cl.Cl. The summed E-state index contributed by atoms with van der Waals surface area (Å²) in [4.78, 5) is 7.51. The third-order valence-corrected chi connectivity index (χ3v) is 7.83. The average molecular weight is 560 g/mol. The summed E-state index contributed by atoms with van der Waals surface area (Å²) in [6.07, 6.45) is 2.03. The molecule has 3 heterocycles. The number of rotatable bonds is 4. The number of halogens is 3. The van der Waals surface area contributed by atoms with Crippen LogP contribution in [0.2, 0.25) is 0 Å². The third kappa shape index (κ3) is 5.55. The number of hydrogen-bond donors (Lipinski definition) is 2. The van der Waals surface area contributed by atoms with Gasteiger partial charge in [-0.3, -0.25) is 0 Å². The van der Waals surface area contributed by atoms with E-state index < -0.39 is 0 Å². The number of methoxy groups -OCH3 is 1. The highest BCUT2D eigenvalue weighted by atomic mass is 35.5. The van der Waals surface area contributed by atoms with Crippen LogP contribution in [0.15, 0.2) is 71.7 Å². The number of aliphatic imine (C=N–C) groups is 1. The van der Waals surface area contributed by atoms with Crippen LogP contribution < -0.4 is 15.4 Å². The quantitative estimate of drug-likeness (QED) is 0.285. The summed E-state index contributed by atoms with van der Waals surface area (Å²) in [5.74, 6) is 1.58. The second kappa shape index (κ2) is 11.7. The number of amidine groups is 1. The predicted octanol–water partition coefficient (Wildman–Crippen LogP) is 6.93. The van der Waals surface area contributed by atoms with Crippen LogP contribution in [-0.4, -0.2) is 43.5 Å². The Morgan fingerprint density at radius 3 is 2.70 bits per heavy atom. The van der Waals surface area contributed by atoms with Gasteiger partial charge in [0, 0.05) is 35.8 Å². The number of nitrogens with zero attached hydrogens (tertiary/aromatic N) is 2. The minimum atomic E-state index is -0.265. The molecule has 1 aromatic heterocycles. The minimum Gasteiger partial charge on any atom is -0.497 e. The number of hydrogen-bond acceptors (Lipinski definition) is 6. The summed E-state index contributed by atoms with van der Waals surface area (Å²) < 4.78 is 20.5. The summed E-state index contributed by atoms with van der Waals surface area (Å²) >= 11 is 1.69. The molecule has 1 atom stereocenters. The smallest absolute Gasteiger partial charge is 0.140 e. The number of thiophene rings is 1. The van der Waals surface area contributed by atoms with Gasteiger partial charge in [0.1, 0.15) is 22.4 Å². The van der Waals surface area contributed by atoms with Gasteiger partial charge in [-0.05, 0) is 54.8 Å². The van der Waals surface area contributed by atoms with Crippen LogP contribution in [0.5, 0.6) is 5.75 Å². The molecule has 5 nitrogen and oxygen atoms in total. The molecule has 0 bridgehead atoms. The largest absolute Gasteiger partial charge is 0.497 e. The fraction of sp³-hybridized carbons (Fsp3) is 0.250. The second-order valence-electron chi connectivity index (χ2n) is 9.01. The number of piperazine rings is 1. The molecule has 2 N–H and O–H groups in total. The van der Waals surface area contributed by atoms with Crippen LogP contribution in [0.3, 0.4) is 0 Å². The molecule has 4 aromatic rings. The lowest BCUT2D eigenvalue weighted by Crippen LogP contribution is -2.52. The fourth-order valence-electron chi connectivity index (χ4n) is 4.93. The molecule has 2 aliphatic rings. The Morgan fingerprint density at radius 2 is 1.89 bits per heavy atom. The predicted molar refractivity (Wildman–Crippen MR) is 157 cm³/mol. The second-order valence-corrected chi connectivity index (χ2v) is 10.1. The van der Waals surface area contributed by atoms with Gasteiger partial charge < -0.3 is 20.3 Å². The lowest BCUT2D eigenvalue weighted by atomic mass is 10.0. The molecule has 194 valence electrons. The number of fused-ring (bicyclic) bond motifs is 4. The van der Waals surface area contributed by atoms with Gasteiger partial charge in [-0.2, -0.15) is 0 Å². The first-order valence-corrected chi connectivity index (χ1v) is 12.8. The van der Waals surface area contributed by atoms with Gasteiger partial charge in [0.25, 0.3) is 0 Å². The number of ether oxygens (including phenoxy) is 1. The molecular formula is C28H29Cl2FN4OS. The van der Waals surface area contributed by atoms with Crippen LogP contribution in [0.25, 0.3) is 10.1 Å². The van der Waals surface area contributed by atoms with E-state index in [-0.39, 0.29) is 30.6 Å². The fourth-order valence-corrected chi connectivity index (χ4v) is 6.04. The summed E-state index contributed by atoms with van der Waals surface area (Å²) in [7, 11) is 1.69. The highest BCUT2D eigenvalue weighted by Crippen LogP contribution is 2.43. The average Bonchev–Trinajstić information content (AvgIpc) is 3.17. The molecule has 0 aliphatic carbocycles. The zero-order valence-electron chi connectivity index (χ0n) is 20.4. The summed E-state index contributed by atoms with van der Waals surface area (Å²) in [5, 5.41) is 9.37. The van der Waals surface area contributed by atoms with E-state index in [0.29, 0.717) is 11.7 Å². The standard InChI is InChI=1S/C28H27FN4OS.2ClH/c1-34-21-11-7-18(8-12-21)6-10-20-17-33(15-14-30-20)27-26-22-4-2-3-5-25(22)35-28(26)32-24-16-19(29)9-13-23(24)31-27;;/h2-5,7-9,11-13,16,20,30,32H,6,10,14-15,17H2,1H3;2*1H/t20-;;/m0../s1. The van der Waals surface area contributed by atoms with Crippen molar-refractivity contribution >= 4 is 68.4 Å². The molecule has 0 unspecified atom stereocenters. The van der Waals surface area contributed by atoms with Gasteiger partial charge in [-0.15, -0.1) is 36.2 Å². The molecule has 1 saturated heterocycles. The first kappa shape index (κ1) is 27.2. The van der Waals surface area contributed by atoms with Crippen molar-refractivity contribution in [3.8, 4) is 5.75 Å².